The second-order valence-electron chi connectivity index (χ2n) is 7.44. The third kappa shape index (κ3) is 3.60. The van der Waals surface area contributed by atoms with E-state index in [2.05, 4.69) is 16.0 Å². The van der Waals surface area contributed by atoms with Crippen molar-refractivity contribution in [1.82, 2.24) is 25.5 Å². The van der Waals surface area contributed by atoms with E-state index in [4.69, 9.17) is 0 Å². The molecule has 160 valence electrons. The molecule has 1 aromatic carbocycles. The lowest BCUT2D eigenvalue weighted by Crippen LogP contribution is -2.48. The highest BCUT2D eigenvalue weighted by Gasteiger charge is 2.47. The molecule has 1 saturated heterocycles. The van der Waals surface area contributed by atoms with Crippen LogP contribution in [0.3, 0.4) is 0 Å². The fourth-order valence-corrected chi connectivity index (χ4v) is 4.01. The summed E-state index contributed by atoms with van der Waals surface area (Å²) in [4.78, 5) is 63.2. The van der Waals surface area contributed by atoms with Crippen LogP contribution in [0, 0.1) is 11.8 Å². The molecule has 2 aliphatic rings. The first-order valence-electron chi connectivity index (χ1n) is 10.0. The molecule has 1 aliphatic carbocycles. The number of allylic oxidation sites excluding steroid dienone is 2. The molecule has 2 N–H and O–H groups in total. The normalized spacial score (nSPS) is 20.1. The van der Waals surface area contributed by atoms with Crippen LogP contribution in [-0.4, -0.2) is 44.9 Å². The number of hydrogen-bond acceptors (Lipinski definition) is 6. The van der Waals surface area contributed by atoms with Gasteiger partial charge in [-0.3, -0.25) is 39.7 Å². The number of benzene rings is 1. The lowest BCUT2D eigenvalue weighted by molar-refractivity contribution is -0.143. The number of hydrogen-bond donors (Lipinski definition) is 2. The number of hydrazine groups is 1. The Bertz CT molecular complexity index is 1160. The highest BCUT2D eigenvalue weighted by atomic mass is 16.2. The number of aryl methyl sites for hydroxylation is 1. The van der Waals surface area contributed by atoms with Crippen molar-refractivity contribution in [1.29, 1.82) is 0 Å². The number of amides is 4. The van der Waals surface area contributed by atoms with Crippen LogP contribution in [0.25, 0.3) is 10.8 Å². The fraction of sp³-hybridized carbons (Fsp3) is 0.333. The smallest absolute Gasteiger partial charge is 0.274 e. The third-order valence-corrected chi connectivity index (χ3v) is 5.60. The van der Waals surface area contributed by atoms with Gasteiger partial charge in [0.15, 0.2) is 5.69 Å². The SMILES string of the molecule is CCn1nc(C(=O)NNC(=O)CN2C(=O)C3CC=CCC3C2=O)c2ccccc2c1=O. The molecular weight excluding hydrogens is 402 g/mol. The van der Waals surface area contributed by atoms with E-state index in [1.54, 1.807) is 31.2 Å². The Kier molecular flexibility index (Phi) is 5.37. The van der Waals surface area contributed by atoms with Crippen LogP contribution < -0.4 is 16.4 Å². The van der Waals surface area contributed by atoms with Gasteiger partial charge < -0.3 is 0 Å². The molecule has 1 aromatic heterocycles. The van der Waals surface area contributed by atoms with E-state index in [-0.39, 0.29) is 29.6 Å². The summed E-state index contributed by atoms with van der Waals surface area (Å²) in [6.45, 7) is 1.52. The van der Waals surface area contributed by atoms with Crippen LogP contribution in [0.2, 0.25) is 0 Å². The number of fused-ring (bicyclic) bond motifs is 2. The maximum Gasteiger partial charge on any atom is 0.290 e. The summed E-state index contributed by atoms with van der Waals surface area (Å²) in [6, 6.07) is 6.55. The standard InChI is InChI=1S/C21H21N5O5/c1-2-26-21(31)13-8-4-3-7-12(13)17(24-26)18(28)23-22-16(27)11-25-19(29)14-9-5-6-10-15(14)20(25)30/h3-8,14-15H,2,9-11H2,1H3,(H,22,27)(H,23,28). The first-order chi connectivity index (χ1) is 14.9. The fourth-order valence-electron chi connectivity index (χ4n) is 4.01. The molecule has 0 saturated carbocycles. The Morgan fingerprint density at radius 1 is 1.00 bits per heavy atom. The van der Waals surface area contributed by atoms with Crippen molar-refractivity contribution in [2.24, 2.45) is 11.8 Å². The van der Waals surface area contributed by atoms with Crippen LogP contribution in [0.4, 0.5) is 0 Å². The first-order valence-corrected chi connectivity index (χ1v) is 10.0. The maximum absolute atomic E-state index is 12.7. The molecule has 0 spiro atoms. The van der Waals surface area contributed by atoms with Gasteiger partial charge in [0.1, 0.15) is 6.54 Å². The van der Waals surface area contributed by atoms with Crippen molar-refractivity contribution in [2.75, 3.05) is 6.54 Å². The largest absolute Gasteiger partial charge is 0.290 e. The van der Waals surface area contributed by atoms with Crippen LogP contribution in [0.1, 0.15) is 30.3 Å². The molecular formula is C21H21N5O5. The molecule has 0 radical (unpaired) electrons. The van der Waals surface area contributed by atoms with Crippen molar-refractivity contribution in [3.8, 4) is 0 Å². The predicted molar refractivity (Wildman–Crippen MR) is 109 cm³/mol. The van der Waals surface area contributed by atoms with Crippen molar-refractivity contribution >= 4 is 34.4 Å². The predicted octanol–water partition coefficient (Wildman–Crippen LogP) is 0.129. The van der Waals surface area contributed by atoms with Crippen LogP contribution in [-0.2, 0) is 20.9 Å². The maximum atomic E-state index is 12.7. The molecule has 2 heterocycles. The Balaban J connectivity index is 1.45. The van der Waals surface area contributed by atoms with Crippen molar-refractivity contribution in [3.63, 3.8) is 0 Å². The van der Waals surface area contributed by atoms with Gasteiger partial charge in [0, 0.05) is 11.9 Å². The highest BCUT2D eigenvalue weighted by molar-refractivity contribution is 6.08. The summed E-state index contributed by atoms with van der Waals surface area (Å²) in [6.07, 6.45) is 4.69. The summed E-state index contributed by atoms with van der Waals surface area (Å²) in [5, 5.41) is 4.77. The monoisotopic (exact) mass is 423 g/mol. The topological polar surface area (TPSA) is 130 Å². The summed E-state index contributed by atoms with van der Waals surface area (Å²) >= 11 is 0. The van der Waals surface area contributed by atoms with Gasteiger partial charge in [0.2, 0.25) is 11.8 Å². The summed E-state index contributed by atoms with van der Waals surface area (Å²) in [7, 11) is 0. The second kappa shape index (κ2) is 8.13. The van der Waals surface area contributed by atoms with Gasteiger partial charge in [0.05, 0.1) is 17.2 Å². The number of rotatable bonds is 4. The van der Waals surface area contributed by atoms with Crippen molar-refractivity contribution < 1.29 is 19.2 Å². The van der Waals surface area contributed by atoms with Crippen molar-refractivity contribution in [2.45, 2.75) is 26.3 Å². The zero-order valence-corrected chi connectivity index (χ0v) is 16.8. The van der Waals surface area contributed by atoms with Crippen LogP contribution in [0.5, 0.6) is 0 Å². The summed E-state index contributed by atoms with van der Waals surface area (Å²) < 4.78 is 1.16. The Morgan fingerprint density at radius 3 is 2.23 bits per heavy atom. The third-order valence-electron chi connectivity index (χ3n) is 5.60. The number of carbonyl (C=O) groups is 4. The van der Waals surface area contributed by atoms with E-state index < -0.39 is 30.2 Å². The zero-order chi connectivity index (χ0) is 22.1. The Labute approximate surface area is 176 Å². The molecule has 1 aliphatic heterocycles. The van der Waals surface area contributed by atoms with E-state index in [9.17, 15) is 24.0 Å². The second-order valence-corrected chi connectivity index (χ2v) is 7.44. The van der Waals surface area contributed by atoms with Gasteiger partial charge in [-0.25, -0.2) is 4.68 Å². The molecule has 0 bridgehead atoms. The van der Waals surface area contributed by atoms with Gasteiger partial charge in [-0.1, -0.05) is 30.4 Å². The van der Waals surface area contributed by atoms with E-state index in [1.807, 2.05) is 12.2 Å². The van der Waals surface area contributed by atoms with Gasteiger partial charge in [-0.2, -0.15) is 5.10 Å². The minimum Gasteiger partial charge on any atom is -0.274 e. The quantitative estimate of drug-likeness (QED) is 0.408. The molecule has 4 rings (SSSR count). The summed E-state index contributed by atoms with van der Waals surface area (Å²) in [5.41, 5.74) is 4.13. The lowest BCUT2D eigenvalue weighted by atomic mass is 9.85. The zero-order valence-electron chi connectivity index (χ0n) is 16.8. The molecule has 2 unspecified atom stereocenters. The number of nitrogens with zero attached hydrogens (tertiary/aromatic N) is 3. The Morgan fingerprint density at radius 2 is 1.61 bits per heavy atom. The van der Waals surface area contributed by atoms with E-state index in [1.165, 1.54) is 0 Å². The van der Waals surface area contributed by atoms with Gasteiger partial charge in [-0.05, 0) is 25.8 Å². The number of aromatic nitrogens is 2. The number of nitrogens with one attached hydrogen (secondary N) is 2. The van der Waals surface area contributed by atoms with Gasteiger partial charge >= 0.3 is 0 Å². The number of imide groups is 1. The van der Waals surface area contributed by atoms with Gasteiger partial charge in [-0.15, -0.1) is 0 Å². The van der Waals surface area contributed by atoms with E-state index in [0.717, 1.165) is 9.58 Å². The molecule has 31 heavy (non-hydrogen) atoms. The minimum atomic E-state index is -0.719. The summed E-state index contributed by atoms with van der Waals surface area (Å²) in [5.74, 6) is -3.03. The molecule has 10 nitrogen and oxygen atoms in total. The average molecular weight is 423 g/mol. The minimum absolute atomic E-state index is 0.0252. The van der Waals surface area contributed by atoms with Crippen LogP contribution >= 0.6 is 0 Å². The molecule has 2 atom stereocenters. The van der Waals surface area contributed by atoms with E-state index >= 15 is 0 Å². The Hall–Kier alpha value is -3.82. The molecule has 10 heteroatoms. The molecule has 1 fully saturated rings. The van der Waals surface area contributed by atoms with Gasteiger partial charge in [0.25, 0.3) is 17.4 Å². The molecule has 4 amide bonds. The van der Waals surface area contributed by atoms with Crippen LogP contribution in [0.15, 0.2) is 41.2 Å². The molecule has 2 aromatic rings. The lowest BCUT2D eigenvalue weighted by Gasteiger charge is -2.15. The van der Waals surface area contributed by atoms with E-state index in [0.29, 0.717) is 23.6 Å². The average Bonchev–Trinajstić information content (AvgIpc) is 3.03. The number of carbonyl (C=O) groups excluding carboxylic acids is 4. The first kappa shape index (κ1) is 20.5. The number of likely N-dealkylation sites (tertiary alicyclic amines) is 1. The highest BCUT2D eigenvalue weighted by Crippen LogP contribution is 2.34. The van der Waals surface area contributed by atoms with Crippen molar-refractivity contribution in [3.05, 3.63) is 52.5 Å².